The van der Waals surface area contributed by atoms with E-state index in [0.29, 0.717) is 0 Å². The first-order valence-electron chi connectivity index (χ1n) is 3.62. The van der Waals surface area contributed by atoms with Gasteiger partial charge in [0.05, 0.1) is 6.61 Å². The zero-order chi connectivity index (χ0) is 9.84. The summed E-state index contributed by atoms with van der Waals surface area (Å²) in [6.07, 6.45) is 1.28. The van der Waals surface area contributed by atoms with Crippen molar-refractivity contribution in [2.45, 2.75) is 6.23 Å². The molecule has 1 unspecified atom stereocenters. The third kappa shape index (κ3) is 2.27. The minimum atomic E-state index is -1.18. The van der Waals surface area contributed by atoms with Gasteiger partial charge in [-0.25, -0.2) is 4.79 Å². The van der Waals surface area contributed by atoms with Crippen molar-refractivity contribution in [3.05, 3.63) is 29.2 Å². The van der Waals surface area contributed by atoms with Crippen LogP contribution in [0.5, 0.6) is 0 Å². The number of anilines is 1. The maximum absolute atomic E-state index is 11.1. The van der Waals surface area contributed by atoms with E-state index < -0.39 is 11.9 Å². The summed E-state index contributed by atoms with van der Waals surface area (Å²) in [5.41, 5.74) is 4.58. The second kappa shape index (κ2) is 4.01. The predicted molar refractivity (Wildman–Crippen MR) is 45.6 cm³/mol. The maximum Gasteiger partial charge on any atom is 0.351 e. The Bertz CT molecular complexity index is 336. The third-order valence-electron chi connectivity index (χ3n) is 1.45. The van der Waals surface area contributed by atoms with Gasteiger partial charge in [0, 0.05) is 12.6 Å². The highest BCUT2D eigenvalue weighted by molar-refractivity contribution is 5.23. The average molecular weight is 184 g/mol. The van der Waals surface area contributed by atoms with Gasteiger partial charge in [-0.3, -0.25) is 4.57 Å². The van der Waals surface area contributed by atoms with Crippen LogP contribution in [-0.4, -0.2) is 26.4 Å². The number of aromatic nitrogens is 2. The molecule has 1 radical (unpaired) electrons. The number of nitrogen functional groups attached to an aromatic ring is 1. The molecule has 0 bridgehead atoms. The highest BCUT2D eigenvalue weighted by atomic mass is 16.3. The van der Waals surface area contributed by atoms with Crippen LogP contribution in [0.15, 0.2) is 17.1 Å². The normalized spacial score (nSPS) is 12.8. The SMILES string of the molecule is Nc1ccn(C(O)[CH]CO)c(=O)n1. The molecule has 1 rings (SSSR count). The lowest BCUT2D eigenvalue weighted by Crippen LogP contribution is -2.27. The minimum Gasteiger partial charge on any atom is -0.396 e. The van der Waals surface area contributed by atoms with E-state index >= 15 is 0 Å². The van der Waals surface area contributed by atoms with Crippen molar-refractivity contribution in [1.29, 1.82) is 0 Å². The molecule has 1 aromatic rings. The highest BCUT2D eigenvalue weighted by Gasteiger charge is 2.07. The number of aliphatic hydroxyl groups is 2. The molecule has 0 aliphatic heterocycles. The van der Waals surface area contributed by atoms with Crippen molar-refractivity contribution < 1.29 is 10.2 Å². The quantitative estimate of drug-likeness (QED) is 0.531. The van der Waals surface area contributed by atoms with Crippen molar-refractivity contribution in [3.8, 4) is 0 Å². The molecule has 0 fully saturated rings. The summed E-state index contributed by atoms with van der Waals surface area (Å²) < 4.78 is 0.951. The van der Waals surface area contributed by atoms with Gasteiger partial charge in [-0.15, -0.1) is 0 Å². The summed E-state index contributed by atoms with van der Waals surface area (Å²) in [7, 11) is 0. The molecule has 0 aliphatic rings. The summed E-state index contributed by atoms with van der Waals surface area (Å²) in [4.78, 5) is 14.5. The number of nitrogens with zero attached hydrogens (tertiary/aromatic N) is 2. The molecule has 6 heteroatoms. The lowest BCUT2D eigenvalue weighted by molar-refractivity contribution is 0.115. The fourth-order valence-corrected chi connectivity index (χ4v) is 0.835. The second-order valence-electron chi connectivity index (χ2n) is 2.37. The van der Waals surface area contributed by atoms with Gasteiger partial charge in [0.15, 0.2) is 0 Å². The van der Waals surface area contributed by atoms with E-state index in [1.807, 2.05) is 0 Å². The fourth-order valence-electron chi connectivity index (χ4n) is 0.835. The van der Waals surface area contributed by atoms with E-state index in [1.165, 1.54) is 12.3 Å². The molecule has 0 amide bonds. The first kappa shape index (κ1) is 9.69. The molecule has 1 heterocycles. The van der Waals surface area contributed by atoms with Crippen molar-refractivity contribution in [2.24, 2.45) is 0 Å². The van der Waals surface area contributed by atoms with Crippen LogP contribution in [0.4, 0.5) is 5.82 Å². The van der Waals surface area contributed by atoms with Crippen LogP contribution >= 0.6 is 0 Å². The van der Waals surface area contributed by atoms with Gasteiger partial charge >= 0.3 is 5.69 Å². The predicted octanol–water partition coefficient (Wildman–Crippen LogP) is -1.49. The molecule has 1 atom stereocenters. The molecule has 4 N–H and O–H groups in total. The van der Waals surface area contributed by atoms with E-state index in [0.717, 1.165) is 11.0 Å². The molecule has 0 aliphatic carbocycles. The molecule has 0 saturated heterocycles. The molecule has 0 saturated carbocycles. The topological polar surface area (TPSA) is 101 Å². The number of aliphatic hydroxyl groups excluding tert-OH is 2. The molecular formula is C7H10N3O3. The van der Waals surface area contributed by atoms with Crippen molar-refractivity contribution in [1.82, 2.24) is 9.55 Å². The summed E-state index contributed by atoms with van der Waals surface area (Å²) in [5, 5.41) is 17.7. The molecule has 0 aromatic carbocycles. The van der Waals surface area contributed by atoms with Gasteiger partial charge in [-0.05, 0) is 6.07 Å². The van der Waals surface area contributed by atoms with Crippen LogP contribution in [0.1, 0.15) is 6.23 Å². The maximum atomic E-state index is 11.1. The van der Waals surface area contributed by atoms with Crippen molar-refractivity contribution >= 4 is 5.82 Å². The summed E-state index contributed by atoms with van der Waals surface area (Å²) in [6, 6.07) is 1.38. The Morgan fingerprint density at radius 3 is 3.00 bits per heavy atom. The lowest BCUT2D eigenvalue weighted by Gasteiger charge is -2.10. The van der Waals surface area contributed by atoms with Crippen molar-refractivity contribution in [3.63, 3.8) is 0 Å². The summed E-state index contributed by atoms with van der Waals surface area (Å²) in [5.74, 6) is 0.0949. The first-order valence-corrected chi connectivity index (χ1v) is 3.62. The zero-order valence-corrected chi connectivity index (χ0v) is 6.79. The van der Waals surface area contributed by atoms with Gasteiger partial charge in [0.25, 0.3) is 0 Å². The number of rotatable bonds is 3. The molecule has 13 heavy (non-hydrogen) atoms. The molecule has 6 nitrogen and oxygen atoms in total. The standard InChI is InChI=1S/C7H10N3O3/c8-5-1-3-10(7(13)9-5)6(12)2-4-11/h1-3,6,11-12H,4H2,(H2,8,9,13). The van der Waals surface area contributed by atoms with Crippen LogP contribution in [0.3, 0.4) is 0 Å². The average Bonchev–Trinajstić information content (AvgIpc) is 2.04. The van der Waals surface area contributed by atoms with Crippen LogP contribution in [0.2, 0.25) is 0 Å². The largest absolute Gasteiger partial charge is 0.396 e. The smallest absolute Gasteiger partial charge is 0.351 e. The van der Waals surface area contributed by atoms with Crippen LogP contribution < -0.4 is 11.4 Å². The number of hydrogen-bond donors (Lipinski definition) is 3. The van der Waals surface area contributed by atoms with E-state index in [1.54, 1.807) is 0 Å². The van der Waals surface area contributed by atoms with Crippen LogP contribution in [0.25, 0.3) is 0 Å². The van der Waals surface area contributed by atoms with Gasteiger partial charge < -0.3 is 15.9 Å². The van der Waals surface area contributed by atoms with Crippen LogP contribution in [-0.2, 0) is 0 Å². The van der Waals surface area contributed by atoms with E-state index in [4.69, 9.17) is 10.8 Å². The van der Waals surface area contributed by atoms with Crippen LogP contribution in [0, 0.1) is 6.42 Å². The van der Waals surface area contributed by atoms with E-state index in [-0.39, 0.29) is 12.4 Å². The van der Waals surface area contributed by atoms with Gasteiger partial charge in [-0.2, -0.15) is 4.98 Å². The van der Waals surface area contributed by atoms with Gasteiger partial charge in [-0.1, -0.05) is 0 Å². The monoisotopic (exact) mass is 184 g/mol. The zero-order valence-electron chi connectivity index (χ0n) is 6.79. The fraction of sp³-hybridized carbons (Fsp3) is 0.286. The minimum absolute atomic E-state index is 0.0949. The lowest BCUT2D eigenvalue weighted by atomic mass is 10.4. The Morgan fingerprint density at radius 1 is 1.77 bits per heavy atom. The summed E-state index contributed by atoms with van der Waals surface area (Å²) in [6.45, 7) is -0.321. The summed E-state index contributed by atoms with van der Waals surface area (Å²) >= 11 is 0. The first-order chi connectivity index (χ1) is 6.15. The Hall–Kier alpha value is -1.40. The molecule has 0 spiro atoms. The van der Waals surface area contributed by atoms with E-state index in [2.05, 4.69) is 4.98 Å². The van der Waals surface area contributed by atoms with Crippen molar-refractivity contribution in [2.75, 3.05) is 12.3 Å². The third-order valence-corrected chi connectivity index (χ3v) is 1.45. The van der Waals surface area contributed by atoms with Gasteiger partial charge in [0.2, 0.25) is 0 Å². The van der Waals surface area contributed by atoms with E-state index in [9.17, 15) is 9.90 Å². The molecule has 1 aromatic heterocycles. The Morgan fingerprint density at radius 2 is 2.46 bits per heavy atom. The highest BCUT2D eigenvalue weighted by Crippen LogP contribution is 2.01. The number of hydrogen-bond acceptors (Lipinski definition) is 5. The second-order valence-corrected chi connectivity index (χ2v) is 2.37. The molecular weight excluding hydrogens is 174 g/mol. The Kier molecular flexibility index (Phi) is 2.99. The molecule has 71 valence electrons. The van der Waals surface area contributed by atoms with Gasteiger partial charge in [0.1, 0.15) is 12.0 Å². The Labute approximate surface area is 74.3 Å². The number of nitrogens with two attached hydrogens (primary N) is 1. The Balaban J connectivity index is 2.95.